The van der Waals surface area contributed by atoms with E-state index in [1.54, 1.807) is 0 Å². The predicted octanol–water partition coefficient (Wildman–Crippen LogP) is 11.1. The van der Waals surface area contributed by atoms with Gasteiger partial charge in [-0.2, -0.15) is 0 Å². The number of carbonyl (C=O) groups excluding carboxylic acids is 1. The second-order valence-electron chi connectivity index (χ2n) is 14.5. The van der Waals surface area contributed by atoms with Crippen molar-refractivity contribution in [2.45, 2.75) is 200 Å². The number of aliphatic hydroxyl groups excluding tert-OH is 1. The van der Waals surface area contributed by atoms with Crippen LogP contribution in [0.5, 0.6) is 0 Å². The number of carbonyl (C=O) groups is 1. The number of amides is 1. The monoisotopic (exact) mass is 657 g/mol. The summed E-state index contributed by atoms with van der Waals surface area (Å²) in [5, 5.41) is 10.3. The van der Waals surface area contributed by atoms with Gasteiger partial charge < -0.3 is 19.5 Å². The number of unbranched alkanes of at least 4 members (excludes halogenated alkanes) is 19. The third-order valence-corrected chi connectivity index (χ3v) is 11.8. The molecule has 0 aliphatic rings. The average molecular weight is 657 g/mol. The van der Waals surface area contributed by atoms with Crippen molar-refractivity contribution in [1.29, 1.82) is 0 Å². The molecule has 0 aromatic rings. The van der Waals surface area contributed by atoms with Crippen LogP contribution in [0, 0.1) is 5.92 Å². The zero-order valence-electron chi connectivity index (χ0n) is 31.4. The highest BCUT2D eigenvalue weighted by atomic mass is 31.1. The zero-order chi connectivity index (χ0) is 33.5. The van der Waals surface area contributed by atoms with Gasteiger partial charge in [0.15, 0.2) is 0 Å². The maximum atomic E-state index is 14.1. The topological polar surface area (TPSA) is 60.9 Å². The molecule has 0 rings (SSSR count). The molecular formula is C39H81N2O3P. The van der Waals surface area contributed by atoms with Crippen LogP contribution in [0.1, 0.15) is 188 Å². The first-order chi connectivity index (χ1) is 21.8. The van der Waals surface area contributed by atoms with Gasteiger partial charge in [0.25, 0.3) is 0 Å². The first kappa shape index (κ1) is 44.6. The Labute approximate surface area is 283 Å². The van der Waals surface area contributed by atoms with Gasteiger partial charge in [0.1, 0.15) is 0 Å². The molecule has 6 heteroatoms. The molecule has 0 aliphatic heterocycles. The Morgan fingerprint density at radius 1 is 0.622 bits per heavy atom. The van der Waals surface area contributed by atoms with Gasteiger partial charge >= 0.3 is 0 Å². The molecular weight excluding hydrogens is 575 g/mol. The Balaban J connectivity index is 4.94. The van der Waals surface area contributed by atoms with E-state index in [1.165, 1.54) is 122 Å². The number of nitrogens with zero attached hydrogens (tertiary/aromatic N) is 2. The molecule has 0 radical (unpaired) electrons. The van der Waals surface area contributed by atoms with Gasteiger partial charge in [0, 0.05) is 31.2 Å². The minimum atomic E-state index is -1.99. The van der Waals surface area contributed by atoms with E-state index in [1.807, 2.05) is 14.1 Å². The van der Waals surface area contributed by atoms with Crippen LogP contribution in [0.2, 0.25) is 0 Å². The summed E-state index contributed by atoms with van der Waals surface area (Å²) >= 11 is 0. The molecule has 4 unspecified atom stereocenters. The first-order valence-electron chi connectivity index (χ1n) is 19.9. The second kappa shape index (κ2) is 32.2. The fourth-order valence-corrected chi connectivity index (χ4v) is 8.32. The minimum absolute atomic E-state index is 0.0487. The summed E-state index contributed by atoms with van der Waals surface area (Å²) in [5.74, 6) is 0.301. The highest BCUT2D eigenvalue weighted by Gasteiger charge is 2.30. The van der Waals surface area contributed by atoms with Crippen LogP contribution < -0.4 is 0 Å². The van der Waals surface area contributed by atoms with Crippen molar-refractivity contribution in [2.24, 2.45) is 5.92 Å². The highest BCUT2D eigenvalue weighted by Crippen LogP contribution is 2.31. The smallest absolute Gasteiger partial charge is 0.225 e. The summed E-state index contributed by atoms with van der Waals surface area (Å²) in [6, 6.07) is 0.126. The van der Waals surface area contributed by atoms with Crippen LogP contribution >= 0.6 is 7.80 Å². The largest absolute Gasteiger partial charge is 0.396 e. The second-order valence-corrected chi connectivity index (χ2v) is 16.8. The quantitative estimate of drug-likeness (QED) is 0.0553. The SMILES string of the molecule is CCCCCCCCCCCCCCCC(C)N(CC(CO)[PH](=O)CCN(C)C)C(=O)C(CCC)CCCCCCCCCC. The minimum Gasteiger partial charge on any atom is -0.396 e. The summed E-state index contributed by atoms with van der Waals surface area (Å²) < 4.78 is 13.2. The van der Waals surface area contributed by atoms with Crippen molar-refractivity contribution < 1.29 is 14.5 Å². The molecule has 5 nitrogen and oxygen atoms in total. The van der Waals surface area contributed by atoms with Crippen molar-refractivity contribution >= 4 is 13.7 Å². The normalized spacial score (nSPS) is 14.5. The highest BCUT2D eigenvalue weighted by molar-refractivity contribution is 7.45. The van der Waals surface area contributed by atoms with Crippen LogP contribution in [0.15, 0.2) is 0 Å². The summed E-state index contributed by atoms with van der Waals surface area (Å²) in [7, 11) is 2.01. The van der Waals surface area contributed by atoms with Crippen molar-refractivity contribution in [3.05, 3.63) is 0 Å². The van der Waals surface area contributed by atoms with Gasteiger partial charge in [-0.1, -0.05) is 162 Å². The third kappa shape index (κ3) is 25.3. The van der Waals surface area contributed by atoms with Gasteiger partial charge in [0.05, 0.1) is 20.1 Å². The molecule has 0 bridgehead atoms. The average Bonchev–Trinajstić information content (AvgIpc) is 3.03. The van der Waals surface area contributed by atoms with E-state index in [0.717, 1.165) is 45.1 Å². The third-order valence-electron chi connectivity index (χ3n) is 9.83. The molecule has 0 saturated heterocycles. The van der Waals surface area contributed by atoms with Gasteiger partial charge in [-0.05, 0) is 40.3 Å². The molecule has 270 valence electrons. The lowest BCUT2D eigenvalue weighted by molar-refractivity contribution is -0.138. The molecule has 0 heterocycles. The van der Waals surface area contributed by atoms with E-state index in [-0.39, 0.29) is 30.1 Å². The van der Waals surface area contributed by atoms with Gasteiger partial charge in [-0.25, -0.2) is 0 Å². The van der Waals surface area contributed by atoms with Gasteiger partial charge in [-0.3, -0.25) is 4.79 Å². The van der Waals surface area contributed by atoms with Crippen LogP contribution in [0.4, 0.5) is 0 Å². The van der Waals surface area contributed by atoms with Crippen molar-refractivity contribution in [2.75, 3.05) is 40.0 Å². The van der Waals surface area contributed by atoms with Crippen molar-refractivity contribution in [1.82, 2.24) is 9.80 Å². The molecule has 0 aliphatic carbocycles. The van der Waals surface area contributed by atoms with E-state index >= 15 is 0 Å². The van der Waals surface area contributed by atoms with Crippen molar-refractivity contribution in [3.8, 4) is 0 Å². The molecule has 1 N–H and O–H groups in total. The molecule has 0 saturated carbocycles. The number of hydrogen-bond donors (Lipinski definition) is 1. The van der Waals surface area contributed by atoms with Gasteiger partial charge in [-0.15, -0.1) is 0 Å². The fourth-order valence-electron chi connectivity index (χ4n) is 6.64. The summed E-state index contributed by atoms with van der Waals surface area (Å²) in [6.07, 6.45) is 32.2. The van der Waals surface area contributed by atoms with E-state index in [9.17, 15) is 14.5 Å². The van der Waals surface area contributed by atoms with Crippen LogP contribution in [0.3, 0.4) is 0 Å². The lowest BCUT2D eigenvalue weighted by Crippen LogP contribution is -2.46. The lowest BCUT2D eigenvalue weighted by Gasteiger charge is -2.35. The van der Waals surface area contributed by atoms with E-state index in [2.05, 4.69) is 37.5 Å². The molecule has 0 spiro atoms. The molecule has 0 aromatic carbocycles. The molecule has 1 amide bonds. The van der Waals surface area contributed by atoms with E-state index in [4.69, 9.17) is 0 Å². The van der Waals surface area contributed by atoms with Crippen molar-refractivity contribution in [3.63, 3.8) is 0 Å². The van der Waals surface area contributed by atoms with Crippen LogP contribution in [-0.4, -0.2) is 72.5 Å². The molecule has 0 fully saturated rings. The first-order valence-corrected chi connectivity index (χ1v) is 21.6. The van der Waals surface area contributed by atoms with Gasteiger partial charge in [0.2, 0.25) is 5.91 Å². The lowest BCUT2D eigenvalue weighted by atomic mass is 9.93. The summed E-state index contributed by atoms with van der Waals surface area (Å²) in [6.45, 7) is 10.0. The Hall–Kier alpha value is -0.380. The zero-order valence-corrected chi connectivity index (χ0v) is 32.4. The standard InChI is InChI=1S/C39H81N2O3P/c1-7-10-12-14-16-18-19-20-21-22-23-25-27-30-36(4)41(34-38(35-42)45(44)33-32-40(5)6)39(43)37(29-9-3)31-28-26-24-17-15-13-11-8-2/h36-38,42,45H,7-35H2,1-6H3. The maximum absolute atomic E-state index is 14.1. The molecule has 4 atom stereocenters. The van der Waals surface area contributed by atoms with Crippen LogP contribution in [-0.2, 0) is 9.36 Å². The Morgan fingerprint density at radius 3 is 1.44 bits per heavy atom. The van der Waals surface area contributed by atoms with Crippen LogP contribution in [0.25, 0.3) is 0 Å². The maximum Gasteiger partial charge on any atom is 0.225 e. The summed E-state index contributed by atoms with van der Waals surface area (Å²) in [5.41, 5.74) is -0.307. The number of rotatable bonds is 34. The Morgan fingerprint density at radius 2 is 1.04 bits per heavy atom. The Bertz CT molecular complexity index is 675. The predicted molar refractivity (Wildman–Crippen MR) is 200 cm³/mol. The summed E-state index contributed by atoms with van der Waals surface area (Å²) in [4.78, 5) is 18.2. The van der Waals surface area contributed by atoms with E-state index < -0.39 is 7.80 Å². The number of aliphatic hydroxyl groups is 1. The molecule has 45 heavy (non-hydrogen) atoms. The Kier molecular flexibility index (Phi) is 31.9. The molecule has 0 aromatic heterocycles. The number of hydrogen-bond acceptors (Lipinski definition) is 4. The van der Waals surface area contributed by atoms with E-state index in [0.29, 0.717) is 12.7 Å². The fraction of sp³-hybridized carbons (Fsp3) is 0.974.